The van der Waals surface area contributed by atoms with Gasteiger partial charge in [0.25, 0.3) is 5.91 Å². The number of hydrogen-bond donors (Lipinski definition) is 3. The van der Waals surface area contributed by atoms with E-state index in [1.54, 1.807) is 23.6 Å². The van der Waals surface area contributed by atoms with Crippen LogP contribution in [0.3, 0.4) is 0 Å². The number of aromatic hydroxyl groups is 1. The Hall–Kier alpha value is -2.34. The highest BCUT2D eigenvalue weighted by atomic mass is 32.1. The van der Waals surface area contributed by atoms with Gasteiger partial charge in [0.2, 0.25) is 5.91 Å². The fourth-order valence-corrected chi connectivity index (χ4v) is 3.47. The first-order chi connectivity index (χ1) is 11.1. The second kappa shape index (κ2) is 6.83. The normalized spacial score (nSPS) is 15.9. The SMILES string of the molecule is O=C(CCNC(=O)c1ccsc1)NC1CCc2c(O)cccc21. The molecule has 6 heteroatoms. The molecule has 2 amide bonds. The summed E-state index contributed by atoms with van der Waals surface area (Å²) < 4.78 is 0. The molecule has 0 saturated carbocycles. The number of thiophene rings is 1. The predicted octanol–water partition coefficient (Wildman–Crippen LogP) is 2.38. The van der Waals surface area contributed by atoms with Crippen LogP contribution in [0.15, 0.2) is 35.0 Å². The van der Waals surface area contributed by atoms with Crippen LogP contribution < -0.4 is 10.6 Å². The number of nitrogens with one attached hydrogen (secondary N) is 2. The second-order valence-electron chi connectivity index (χ2n) is 5.52. The van der Waals surface area contributed by atoms with E-state index in [4.69, 9.17) is 0 Å². The van der Waals surface area contributed by atoms with Gasteiger partial charge in [-0.3, -0.25) is 9.59 Å². The third-order valence-electron chi connectivity index (χ3n) is 4.00. The Morgan fingerprint density at radius 3 is 2.96 bits per heavy atom. The summed E-state index contributed by atoms with van der Waals surface area (Å²) in [7, 11) is 0. The standard InChI is InChI=1S/C17H18N2O3S/c20-15-3-1-2-12-13(15)4-5-14(12)19-16(21)6-8-18-17(22)11-7-9-23-10-11/h1-3,7,9-10,14,20H,4-6,8H2,(H,18,22)(H,19,21). The van der Waals surface area contributed by atoms with Crippen molar-refractivity contribution in [2.45, 2.75) is 25.3 Å². The first-order valence-electron chi connectivity index (χ1n) is 7.55. The molecule has 23 heavy (non-hydrogen) atoms. The van der Waals surface area contributed by atoms with Crippen molar-refractivity contribution in [3.8, 4) is 5.75 Å². The molecule has 2 aromatic rings. The minimum atomic E-state index is -0.157. The maximum atomic E-state index is 12.0. The van der Waals surface area contributed by atoms with Crippen LogP contribution in [-0.4, -0.2) is 23.5 Å². The molecule has 0 saturated heterocycles. The van der Waals surface area contributed by atoms with Gasteiger partial charge in [-0.25, -0.2) is 0 Å². The molecule has 1 atom stereocenters. The van der Waals surface area contributed by atoms with E-state index >= 15 is 0 Å². The van der Waals surface area contributed by atoms with E-state index in [0.29, 0.717) is 17.9 Å². The van der Waals surface area contributed by atoms with E-state index in [9.17, 15) is 14.7 Å². The Balaban J connectivity index is 1.48. The van der Waals surface area contributed by atoms with Crippen LogP contribution in [0.4, 0.5) is 0 Å². The molecular weight excluding hydrogens is 312 g/mol. The number of carbonyl (C=O) groups excluding carboxylic acids is 2. The van der Waals surface area contributed by atoms with Crippen LogP contribution in [-0.2, 0) is 11.2 Å². The number of phenols is 1. The number of hydrogen-bond acceptors (Lipinski definition) is 4. The van der Waals surface area contributed by atoms with Crippen molar-refractivity contribution in [1.82, 2.24) is 10.6 Å². The summed E-state index contributed by atoms with van der Waals surface area (Å²) in [6, 6.07) is 7.09. The van der Waals surface area contributed by atoms with Gasteiger partial charge in [0.15, 0.2) is 0 Å². The fourth-order valence-electron chi connectivity index (χ4n) is 2.84. The quantitative estimate of drug-likeness (QED) is 0.787. The zero-order chi connectivity index (χ0) is 16.2. The predicted molar refractivity (Wildman–Crippen MR) is 88.6 cm³/mol. The van der Waals surface area contributed by atoms with Crippen molar-refractivity contribution in [2.24, 2.45) is 0 Å². The minimum Gasteiger partial charge on any atom is -0.508 e. The monoisotopic (exact) mass is 330 g/mol. The molecule has 120 valence electrons. The molecule has 1 unspecified atom stereocenters. The molecule has 0 aliphatic heterocycles. The zero-order valence-corrected chi connectivity index (χ0v) is 13.4. The smallest absolute Gasteiger partial charge is 0.252 e. The molecule has 1 aliphatic carbocycles. The van der Waals surface area contributed by atoms with Gasteiger partial charge in [-0.15, -0.1) is 0 Å². The minimum absolute atomic E-state index is 0.0582. The topological polar surface area (TPSA) is 78.4 Å². The third kappa shape index (κ3) is 3.53. The van der Waals surface area contributed by atoms with Crippen molar-refractivity contribution >= 4 is 23.2 Å². The molecule has 1 aromatic heterocycles. The molecule has 0 spiro atoms. The number of carbonyl (C=O) groups is 2. The Morgan fingerprint density at radius 1 is 1.30 bits per heavy atom. The van der Waals surface area contributed by atoms with Crippen molar-refractivity contribution in [3.05, 3.63) is 51.7 Å². The third-order valence-corrected chi connectivity index (χ3v) is 4.69. The molecule has 1 heterocycles. The van der Waals surface area contributed by atoms with Crippen molar-refractivity contribution in [2.75, 3.05) is 6.54 Å². The largest absolute Gasteiger partial charge is 0.508 e. The van der Waals surface area contributed by atoms with Gasteiger partial charge in [-0.2, -0.15) is 11.3 Å². The number of rotatable bonds is 5. The molecule has 3 rings (SSSR count). The van der Waals surface area contributed by atoms with Crippen LogP contribution in [0.1, 0.15) is 40.4 Å². The van der Waals surface area contributed by atoms with Crippen LogP contribution in [0, 0.1) is 0 Å². The van der Waals surface area contributed by atoms with Gasteiger partial charge in [-0.05, 0) is 41.5 Å². The van der Waals surface area contributed by atoms with Gasteiger partial charge < -0.3 is 15.7 Å². The zero-order valence-electron chi connectivity index (χ0n) is 12.5. The van der Waals surface area contributed by atoms with E-state index in [1.165, 1.54) is 11.3 Å². The summed E-state index contributed by atoms with van der Waals surface area (Å²) in [6.45, 7) is 0.306. The van der Waals surface area contributed by atoms with Crippen molar-refractivity contribution in [3.63, 3.8) is 0 Å². The summed E-state index contributed by atoms with van der Waals surface area (Å²) in [4.78, 5) is 23.8. The average molecular weight is 330 g/mol. The first kappa shape index (κ1) is 15.6. The van der Waals surface area contributed by atoms with Gasteiger partial charge >= 0.3 is 0 Å². The Morgan fingerprint density at radius 2 is 2.17 bits per heavy atom. The molecule has 1 aliphatic rings. The maximum absolute atomic E-state index is 12.0. The highest BCUT2D eigenvalue weighted by molar-refractivity contribution is 7.08. The van der Waals surface area contributed by atoms with Gasteiger partial charge in [0.05, 0.1) is 6.04 Å². The average Bonchev–Trinajstić information content (AvgIpc) is 3.18. The van der Waals surface area contributed by atoms with Crippen LogP contribution >= 0.6 is 11.3 Å². The number of benzene rings is 1. The highest BCUT2D eigenvalue weighted by Gasteiger charge is 2.25. The molecule has 0 radical (unpaired) electrons. The Labute approximate surface area is 138 Å². The molecule has 1 aromatic carbocycles. The summed E-state index contributed by atoms with van der Waals surface area (Å²) in [5.74, 6) is 0.0364. The van der Waals surface area contributed by atoms with Gasteiger partial charge in [0, 0.05) is 23.9 Å². The van der Waals surface area contributed by atoms with Crippen LogP contribution in [0.5, 0.6) is 5.75 Å². The summed E-state index contributed by atoms with van der Waals surface area (Å²) in [6.07, 6.45) is 1.79. The lowest BCUT2D eigenvalue weighted by Gasteiger charge is -2.14. The first-order valence-corrected chi connectivity index (χ1v) is 8.50. The van der Waals surface area contributed by atoms with E-state index in [1.807, 2.05) is 11.4 Å². The van der Waals surface area contributed by atoms with E-state index in [-0.39, 0.29) is 24.3 Å². The van der Waals surface area contributed by atoms with E-state index < -0.39 is 0 Å². The summed E-state index contributed by atoms with van der Waals surface area (Å²) in [5, 5.41) is 19.1. The number of fused-ring (bicyclic) bond motifs is 1. The summed E-state index contributed by atoms with van der Waals surface area (Å²) in [5.41, 5.74) is 2.53. The molecular formula is C17H18N2O3S. The Bertz CT molecular complexity index is 713. The molecule has 5 nitrogen and oxygen atoms in total. The van der Waals surface area contributed by atoms with E-state index in [2.05, 4.69) is 10.6 Å². The lowest BCUT2D eigenvalue weighted by Crippen LogP contribution is -2.32. The highest BCUT2D eigenvalue weighted by Crippen LogP contribution is 2.36. The maximum Gasteiger partial charge on any atom is 0.252 e. The fraction of sp³-hybridized carbons (Fsp3) is 0.294. The molecule has 0 bridgehead atoms. The molecule has 0 fully saturated rings. The second-order valence-corrected chi connectivity index (χ2v) is 6.30. The van der Waals surface area contributed by atoms with Gasteiger partial charge in [0.1, 0.15) is 5.75 Å². The lowest BCUT2D eigenvalue weighted by atomic mass is 10.1. The van der Waals surface area contributed by atoms with E-state index in [0.717, 1.165) is 24.0 Å². The number of phenolic OH excluding ortho intramolecular Hbond substituents is 1. The van der Waals surface area contributed by atoms with Crippen molar-refractivity contribution in [1.29, 1.82) is 0 Å². The Kier molecular flexibility index (Phi) is 4.62. The summed E-state index contributed by atoms with van der Waals surface area (Å²) >= 11 is 1.46. The van der Waals surface area contributed by atoms with Crippen LogP contribution in [0.25, 0.3) is 0 Å². The van der Waals surface area contributed by atoms with Gasteiger partial charge in [-0.1, -0.05) is 12.1 Å². The lowest BCUT2D eigenvalue weighted by molar-refractivity contribution is -0.121. The molecule has 3 N–H and O–H groups in total. The van der Waals surface area contributed by atoms with Crippen molar-refractivity contribution < 1.29 is 14.7 Å². The number of amides is 2. The van der Waals surface area contributed by atoms with Crippen LogP contribution in [0.2, 0.25) is 0 Å².